The van der Waals surface area contributed by atoms with Gasteiger partial charge in [-0.25, -0.2) is 19.6 Å². The van der Waals surface area contributed by atoms with Crippen LogP contribution in [0.3, 0.4) is 0 Å². The van der Waals surface area contributed by atoms with E-state index in [-0.39, 0.29) is 28.0 Å². The molecular weight excluding hydrogens is 581 g/mol. The Balaban J connectivity index is 1.52. The van der Waals surface area contributed by atoms with E-state index in [9.17, 15) is 27.9 Å². The van der Waals surface area contributed by atoms with Crippen molar-refractivity contribution in [3.8, 4) is 0 Å². The summed E-state index contributed by atoms with van der Waals surface area (Å²) in [5, 5.41) is 14.3. The molecule has 0 saturated carbocycles. The van der Waals surface area contributed by atoms with Gasteiger partial charge in [0.25, 0.3) is 0 Å². The molecule has 12 nitrogen and oxygen atoms in total. The number of carbonyl (C=O) groups excluding carboxylic acids is 2. The van der Waals surface area contributed by atoms with Gasteiger partial charge in [0, 0.05) is 16.0 Å². The number of hydrogen-bond donors (Lipinski definition) is 1. The van der Waals surface area contributed by atoms with E-state index in [1.54, 1.807) is 36.4 Å². The van der Waals surface area contributed by atoms with Crippen LogP contribution in [-0.4, -0.2) is 62.0 Å². The maximum atomic E-state index is 13.5. The number of hydrogen-bond acceptors (Lipinski definition) is 10. The molecule has 3 heterocycles. The van der Waals surface area contributed by atoms with E-state index in [0.29, 0.717) is 0 Å². The second kappa shape index (κ2) is 12.1. The van der Waals surface area contributed by atoms with Crippen molar-refractivity contribution in [3.63, 3.8) is 0 Å². The number of aliphatic hydroxyl groups excluding tert-OH is 1. The monoisotopic (exact) mass is 600 g/mol. The molecule has 4 atom stereocenters. The molecule has 0 unspecified atom stereocenters. The molecule has 0 aliphatic carbocycles. The average Bonchev–Trinajstić information content (AvgIpc) is 3.49. The summed E-state index contributed by atoms with van der Waals surface area (Å²) in [6, 6.07) is 15.8. The van der Waals surface area contributed by atoms with Crippen LogP contribution in [0.15, 0.2) is 83.2 Å². The highest BCUT2D eigenvalue weighted by Crippen LogP contribution is 2.45. The van der Waals surface area contributed by atoms with Gasteiger partial charge in [0.05, 0.1) is 16.5 Å². The Labute approximate surface area is 238 Å². The van der Waals surface area contributed by atoms with Crippen LogP contribution in [0, 0.1) is 0 Å². The molecule has 1 saturated heterocycles. The molecule has 42 heavy (non-hydrogen) atoms. The minimum absolute atomic E-state index is 0.140. The highest BCUT2D eigenvalue weighted by molar-refractivity contribution is 8.00. The van der Waals surface area contributed by atoms with Crippen LogP contribution < -0.4 is 0 Å². The Kier molecular flexibility index (Phi) is 8.31. The van der Waals surface area contributed by atoms with Crippen LogP contribution in [0.25, 0.3) is 21.5 Å². The van der Waals surface area contributed by atoms with E-state index < -0.39 is 65.3 Å². The van der Waals surface area contributed by atoms with Gasteiger partial charge in [-0.15, -0.1) is 0 Å². The Morgan fingerprint density at radius 1 is 1.07 bits per heavy atom. The number of alkyl halides is 3. The average molecular weight is 601 g/mol. The number of carbonyl (C=O) groups is 2. The zero-order valence-corrected chi connectivity index (χ0v) is 22.0. The molecule has 2 aromatic heterocycles. The number of aromatic nitrogens is 3. The van der Waals surface area contributed by atoms with Crippen molar-refractivity contribution in [2.24, 2.45) is 5.11 Å². The lowest BCUT2D eigenvalue weighted by molar-refractivity contribution is -0.0600. The largest absolute Gasteiger partial charge is 0.459 e. The topological polar surface area (TPSA) is 162 Å². The van der Waals surface area contributed by atoms with Gasteiger partial charge < -0.3 is 23.9 Å². The number of benzene rings is 2. The number of esters is 2. The zero-order valence-electron chi connectivity index (χ0n) is 21.2. The van der Waals surface area contributed by atoms with Crippen molar-refractivity contribution >= 4 is 40.6 Å². The Morgan fingerprint density at radius 2 is 1.71 bits per heavy atom. The number of azide groups is 1. The smallest absolute Gasteiger partial charge is 0.446 e. The van der Waals surface area contributed by atoms with Crippen LogP contribution in [-0.2, 0) is 14.2 Å². The van der Waals surface area contributed by atoms with Crippen LogP contribution in [0.2, 0.25) is 0 Å². The van der Waals surface area contributed by atoms with Crippen LogP contribution >= 0.6 is 11.8 Å². The van der Waals surface area contributed by atoms with Crippen molar-refractivity contribution in [3.05, 3.63) is 94.8 Å². The molecule has 4 aromatic rings. The molecule has 1 fully saturated rings. The fraction of sp³-hybridized carbons (Fsp3) is 0.231. The first-order valence-electron chi connectivity index (χ1n) is 12.1. The third-order valence-electron chi connectivity index (χ3n) is 6.15. The summed E-state index contributed by atoms with van der Waals surface area (Å²) in [5.41, 5.74) is 4.41. The first kappa shape index (κ1) is 28.9. The van der Waals surface area contributed by atoms with Gasteiger partial charge in [0.15, 0.2) is 12.3 Å². The van der Waals surface area contributed by atoms with E-state index in [4.69, 9.17) is 19.7 Å². The number of nitrogens with zero attached hydrogens (tertiary/aromatic N) is 6. The lowest BCUT2D eigenvalue weighted by Gasteiger charge is -2.22. The van der Waals surface area contributed by atoms with E-state index in [1.165, 1.54) is 24.3 Å². The van der Waals surface area contributed by atoms with Crippen molar-refractivity contribution in [1.82, 2.24) is 14.5 Å². The molecule has 216 valence electrons. The summed E-state index contributed by atoms with van der Waals surface area (Å²) in [7, 11) is 0. The van der Waals surface area contributed by atoms with Gasteiger partial charge in [-0.05, 0) is 46.7 Å². The highest BCUT2D eigenvalue weighted by Gasteiger charge is 2.49. The Bertz CT molecular complexity index is 1650. The van der Waals surface area contributed by atoms with Crippen LogP contribution in [0.4, 0.5) is 19.0 Å². The van der Waals surface area contributed by atoms with Gasteiger partial charge in [0.1, 0.15) is 36.6 Å². The van der Waals surface area contributed by atoms with E-state index in [2.05, 4.69) is 20.0 Å². The third kappa shape index (κ3) is 6.16. The summed E-state index contributed by atoms with van der Waals surface area (Å²) in [6.45, 7) is -0.479. The fourth-order valence-corrected chi connectivity index (χ4v) is 5.04. The Morgan fingerprint density at radius 3 is 2.33 bits per heavy atom. The maximum Gasteiger partial charge on any atom is 0.446 e. The van der Waals surface area contributed by atoms with E-state index in [1.807, 2.05) is 0 Å². The third-order valence-corrected chi connectivity index (χ3v) is 6.91. The number of halogens is 3. The predicted octanol–water partition coefficient (Wildman–Crippen LogP) is 5.33. The molecule has 5 rings (SSSR count). The standard InChI is InChI=1S/C26H19F3N6O6S/c27-26(28,29)42-17-11-35(22-18(17)21(33-34-30)31-13-32-22)23-20(41-25(38)15-9-5-2-6-10-15)19(36)16(40-23)12-39-24(37)14-7-3-1-4-8-14/h1-11,13,16,19-20,23,36H,12H2/t16-,19-,20-,23-/m1/s1. The fourth-order valence-electron chi connectivity index (χ4n) is 4.34. The summed E-state index contributed by atoms with van der Waals surface area (Å²) in [4.78, 5) is 35.5. The second-order valence-corrected chi connectivity index (χ2v) is 9.90. The number of aliphatic hydroxyl groups is 1. The van der Waals surface area contributed by atoms with Crippen molar-refractivity contribution < 1.29 is 42.1 Å². The van der Waals surface area contributed by atoms with E-state index in [0.717, 1.165) is 17.1 Å². The molecule has 0 radical (unpaired) electrons. The van der Waals surface area contributed by atoms with Gasteiger partial charge in [-0.2, -0.15) is 13.2 Å². The quantitative estimate of drug-likeness (QED) is 0.0927. The molecule has 16 heteroatoms. The molecule has 1 N–H and O–H groups in total. The second-order valence-electron chi connectivity index (χ2n) is 8.79. The minimum atomic E-state index is -4.74. The van der Waals surface area contributed by atoms with Gasteiger partial charge >= 0.3 is 17.4 Å². The van der Waals surface area contributed by atoms with Gasteiger partial charge in [0.2, 0.25) is 0 Å². The molecule has 0 bridgehead atoms. The molecule has 1 aliphatic heterocycles. The summed E-state index contributed by atoms with van der Waals surface area (Å²) >= 11 is -0.504. The first-order chi connectivity index (χ1) is 20.2. The normalized spacial score (nSPS) is 20.2. The minimum Gasteiger partial charge on any atom is -0.459 e. The highest BCUT2D eigenvalue weighted by atomic mass is 32.2. The zero-order chi connectivity index (χ0) is 29.9. The van der Waals surface area contributed by atoms with Gasteiger partial charge in [-0.1, -0.05) is 36.4 Å². The lowest BCUT2D eigenvalue weighted by atomic mass is 10.1. The van der Waals surface area contributed by atoms with Gasteiger partial charge in [-0.3, -0.25) is 0 Å². The summed E-state index contributed by atoms with van der Waals surface area (Å²) < 4.78 is 58.4. The maximum absolute atomic E-state index is 13.5. The SMILES string of the molecule is [N-]=[N+]=Nc1ncnc2c1c(SC(F)(F)F)cn2[C@@H]1O[C@H](COC(=O)c2ccccc2)[C@@H](O)[C@H]1OC(=O)c1ccccc1. The first-order valence-corrected chi connectivity index (χ1v) is 13.0. The number of ether oxygens (including phenoxy) is 3. The summed E-state index contributed by atoms with van der Waals surface area (Å²) in [5.74, 6) is -1.94. The molecule has 2 aromatic carbocycles. The van der Waals surface area contributed by atoms with E-state index >= 15 is 0 Å². The lowest BCUT2D eigenvalue weighted by Crippen LogP contribution is -2.37. The van der Waals surface area contributed by atoms with Crippen LogP contribution in [0.5, 0.6) is 0 Å². The number of rotatable bonds is 8. The molecular formula is C26H19F3N6O6S. The van der Waals surface area contributed by atoms with Crippen LogP contribution in [0.1, 0.15) is 26.9 Å². The summed E-state index contributed by atoms with van der Waals surface area (Å²) in [6.07, 6.45) is -3.78. The molecule has 1 aliphatic rings. The molecule has 0 spiro atoms. The van der Waals surface area contributed by atoms with Crippen molar-refractivity contribution in [2.45, 2.75) is 34.9 Å². The Hall–Kier alpha value is -4.63. The molecule has 0 amide bonds. The van der Waals surface area contributed by atoms with Crippen molar-refractivity contribution in [1.29, 1.82) is 0 Å². The van der Waals surface area contributed by atoms with Crippen molar-refractivity contribution in [2.75, 3.05) is 6.61 Å². The number of thioether (sulfide) groups is 1. The predicted molar refractivity (Wildman–Crippen MR) is 141 cm³/mol. The number of fused-ring (bicyclic) bond motifs is 1.